The highest BCUT2D eigenvalue weighted by Gasteiger charge is 2.23. The molecule has 18 heavy (non-hydrogen) atoms. The predicted molar refractivity (Wildman–Crippen MR) is 71.1 cm³/mol. The van der Waals surface area contributed by atoms with Gasteiger partial charge in [0, 0.05) is 13.1 Å². The maximum absolute atomic E-state index is 12.2. The first kappa shape index (κ1) is 13.5. The number of sulfone groups is 1. The molecule has 2 heterocycles. The molecule has 0 atom stereocenters. The van der Waals surface area contributed by atoms with Gasteiger partial charge in [-0.05, 0) is 34.5 Å². The Morgan fingerprint density at radius 3 is 2.78 bits per heavy atom. The Labute approximate surface area is 114 Å². The molecule has 1 fully saturated rings. The van der Waals surface area contributed by atoms with E-state index in [-0.39, 0.29) is 24.0 Å². The third-order valence-corrected chi connectivity index (χ3v) is 4.93. The standard InChI is InChI=1S/C11H13BrN2O3S/c12-10-4-1-3-9(13-10)11(15)14-5-2-7-18(16,17)8-6-14/h1,3-4H,2,5-8H2. The second-order valence-electron chi connectivity index (χ2n) is 4.14. The van der Waals surface area contributed by atoms with E-state index < -0.39 is 9.84 Å². The first-order valence-electron chi connectivity index (χ1n) is 5.60. The highest BCUT2D eigenvalue weighted by atomic mass is 79.9. The number of amides is 1. The number of carbonyl (C=O) groups is 1. The van der Waals surface area contributed by atoms with Crippen LogP contribution >= 0.6 is 15.9 Å². The van der Waals surface area contributed by atoms with Crippen molar-refractivity contribution in [2.75, 3.05) is 24.6 Å². The molecule has 1 saturated heterocycles. The number of aromatic nitrogens is 1. The Bertz CT molecular complexity index is 559. The van der Waals surface area contributed by atoms with Crippen LogP contribution in [0.2, 0.25) is 0 Å². The van der Waals surface area contributed by atoms with Crippen LogP contribution in [0.15, 0.2) is 22.8 Å². The summed E-state index contributed by atoms with van der Waals surface area (Å²) in [7, 11) is -3.00. The van der Waals surface area contributed by atoms with E-state index in [1.807, 2.05) is 0 Å². The summed E-state index contributed by atoms with van der Waals surface area (Å²) in [6.07, 6.45) is 0.488. The molecule has 1 aliphatic rings. The first-order valence-corrected chi connectivity index (χ1v) is 8.22. The summed E-state index contributed by atoms with van der Waals surface area (Å²) in [6.45, 7) is 0.710. The average molecular weight is 333 g/mol. The summed E-state index contributed by atoms with van der Waals surface area (Å²) in [5.41, 5.74) is 0.337. The predicted octanol–water partition coefficient (Wildman–Crippen LogP) is 1.10. The van der Waals surface area contributed by atoms with Crippen molar-refractivity contribution < 1.29 is 13.2 Å². The van der Waals surface area contributed by atoms with Crippen molar-refractivity contribution in [3.8, 4) is 0 Å². The van der Waals surface area contributed by atoms with Gasteiger partial charge in [0.2, 0.25) is 0 Å². The minimum Gasteiger partial charge on any atom is -0.336 e. The van der Waals surface area contributed by atoms with Crippen LogP contribution in [-0.2, 0) is 9.84 Å². The molecule has 7 heteroatoms. The Kier molecular flexibility index (Phi) is 4.01. The molecule has 0 bridgehead atoms. The molecule has 0 aliphatic carbocycles. The van der Waals surface area contributed by atoms with Gasteiger partial charge < -0.3 is 4.90 Å². The summed E-state index contributed by atoms with van der Waals surface area (Å²) < 4.78 is 23.5. The summed E-state index contributed by atoms with van der Waals surface area (Å²) in [6, 6.07) is 5.11. The van der Waals surface area contributed by atoms with Crippen molar-refractivity contribution in [3.63, 3.8) is 0 Å². The largest absolute Gasteiger partial charge is 0.336 e. The lowest BCUT2D eigenvalue weighted by Gasteiger charge is -2.19. The molecule has 0 N–H and O–H groups in total. The van der Waals surface area contributed by atoms with Crippen LogP contribution in [0.1, 0.15) is 16.9 Å². The average Bonchev–Trinajstić information content (AvgIpc) is 2.49. The van der Waals surface area contributed by atoms with Crippen LogP contribution in [0, 0.1) is 0 Å². The smallest absolute Gasteiger partial charge is 0.272 e. The molecule has 1 aromatic heterocycles. The van der Waals surface area contributed by atoms with E-state index in [4.69, 9.17) is 0 Å². The molecule has 0 radical (unpaired) electrons. The van der Waals surface area contributed by atoms with Crippen LogP contribution in [0.5, 0.6) is 0 Å². The lowest BCUT2D eigenvalue weighted by atomic mass is 10.3. The van der Waals surface area contributed by atoms with E-state index in [2.05, 4.69) is 20.9 Å². The zero-order chi connectivity index (χ0) is 13.2. The quantitative estimate of drug-likeness (QED) is 0.722. The fraction of sp³-hybridized carbons (Fsp3) is 0.455. The van der Waals surface area contributed by atoms with Gasteiger partial charge in [-0.15, -0.1) is 0 Å². The topological polar surface area (TPSA) is 67.3 Å². The summed E-state index contributed by atoms with van der Waals surface area (Å²) in [5, 5.41) is 0. The van der Waals surface area contributed by atoms with Gasteiger partial charge in [-0.25, -0.2) is 13.4 Å². The molecule has 1 aliphatic heterocycles. The van der Waals surface area contributed by atoms with E-state index in [1.54, 1.807) is 23.1 Å². The van der Waals surface area contributed by atoms with Crippen LogP contribution in [0.25, 0.3) is 0 Å². The highest BCUT2D eigenvalue weighted by Crippen LogP contribution is 2.11. The zero-order valence-corrected chi connectivity index (χ0v) is 12.1. The lowest BCUT2D eigenvalue weighted by molar-refractivity contribution is 0.0762. The minimum absolute atomic E-state index is 0.0345. The molecule has 0 aromatic carbocycles. The highest BCUT2D eigenvalue weighted by molar-refractivity contribution is 9.10. The van der Waals surface area contributed by atoms with E-state index in [0.717, 1.165) is 0 Å². The summed E-state index contributed by atoms with van der Waals surface area (Å²) in [5.74, 6) is -0.0245. The minimum atomic E-state index is -3.00. The number of hydrogen-bond donors (Lipinski definition) is 0. The van der Waals surface area contributed by atoms with Crippen LogP contribution in [-0.4, -0.2) is 48.8 Å². The fourth-order valence-corrected chi connectivity index (χ4v) is 3.45. The molecule has 0 saturated carbocycles. The molecule has 1 aromatic rings. The van der Waals surface area contributed by atoms with Crippen molar-refractivity contribution in [2.45, 2.75) is 6.42 Å². The Morgan fingerprint density at radius 1 is 1.28 bits per heavy atom. The number of carbonyl (C=O) groups excluding carboxylic acids is 1. The normalized spacial score (nSPS) is 19.3. The monoisotopic (exact) mass is 332 g/mol. The first-order chi connectivity index (χ1) is 8.48. The molecule has 0 unspecified atom stereocenters. The van der Waals surface area contributed by atoms with Crippen LogP contribution < -0.4 is 0 Å². The Hall–Kier alpha value is -0.950. The molecule has 1 amide bonds. The van der Waals surface area contributed by atoms with Gasteiger partial charge in [-0.3, -0.25) is 4.79 Å². The SMILES string of the molecule is O=C(c1cccc(Br)n1)N1CCCS(=O)(=O)CC1. The molecule has 5 nitrogen and oxygen atoms in total. The zero-order valence-electron chi connectivity index (χ0n) is 9.67. The number of nitrogens with zero attached hydrogens (tertiary/aromatic N) is 2. The van der Waals surface area contributed by atoms with E-state index in [1.165, 1.54) is 0 Å². The van der Waals surface area contributed by atoms with Crippen LogP contribution in [0.3, 0.4) is 0 Å². The van der Waals surface area contributed by atoms with Crippen molar-refractivity contribution >= 4 is 31.7 Å². The molecular formula is C11H13BrN2O3S. The molecular weight excluding hydrogens is 320 g/mol. The third kappa shape index (κ3) is 3.29. The molecule has 0 spiro atoms. The Morgan fingerprint density at radius 2 is 2.06 bits per heavy atom. The van der Waals surface area contributed by atoms with E-state index in [0.29, 0.717) is 23.3 Å². The molecule has 98 valence electrons. The number of hydrogen-bond acceptors (Lipinski definition) is 4. The van der Waals surface area contributed by atoms with Gasteiger partial charge in [-0.2, -0.15) is 0 Å². The summed E-state index contributed by atoms with van der Waals surface area (Å²) >= 11 is 3.21. The maximum atomic E-state index is 12.2. The van der Waals surface area contributed by atoms with Crippen molar-refractivity contribution in [2.24, 2.45) is 0 Å². The van der Waals surface area contributed by atoms with Crippen molar-refractivity contribution in [3.05, 3.63) is 28.5 Å². The van der Waals surface area contributed by atoms with Gasteiger partial charge in [0.1, 0.15) is 10.3 Å². The Balaban J connectivity index is 2.14. The lowest BCUT2D eigenvalue weighted by Crippen LogP contribution is -2.34. The van der Waals surface area contributed by atoms with E-state index >= 15 is 0 Å². The van der Waals surface area contributed by atoms with Gasteiger partial charge >= 0.3 is 0 Å². The van der Waals surface area contributed by atoms with Gasteiger partial charge in [0.15, 0.2) is 9.84 Å². The van der Waals surface area contributed by atoms with Gasteiger partial charge in [0.05, 0.1) is 11.5 Å². The maximum Gasteiger partial charge on any atom is 0.272 e. The van der Waals surface area contributed by atoms with Crippen LogP contribution in [0.4, 0.5) is 0 Å². The van der Waals surface area contributed by atoms with Gasteiger partial charge in [-0.1, -0.05) is 6.07 Å². The van der Waals surface area contributed by atoms with Gasteiger partial charge in [0.25, 0.3) is 5.91 Å². The summed E-state index contributed by atoms with van der Waals surface area (Å²) in [4.78, 5) is 17.8. The second-order valence-corrected chi connectivity index (χ2v) is 7.26. The van der Waals surface area contributed by atoms with E-state index in [9.17, 15) is 13.2 Å². The fourth-order valence-electron chi connectivity index (χ4n) is 1.83. The van der Waals surface area contributed by atoms with Crippen molar-refractivity contribution in [1.82, 2.24) is 9.88 Å². The number of pyridine rings is 1. The van der Waals surface area contributed by atoms with Crippen molar-refractivity contribution in [1.29, 1.82) is 0 Å². The number of halogens is 1. The number of rotatable bonds is 1. The third-order valence-electron chi connectivity index (χ3n) is 2.78. The second kappa shape index (κ2) is 5.36. The molecule has 2 rings (SSSR count).